The Morgan fingerprint density at radius 2 is 2.12 bits per heavy atom. The number of nitrogens with two attached hydrogens (primary N) is 1. The Morgan fingerprint density at radius 3 is 2.75 bits per heavy atom. The molecular formula is C11H13BrN4. The average Bonchev–Trinajstić information content (AvgIpc) is 2.64. The Bertz CT molecular complexity index is 519. The number of aromatic nitrogens is 3. The van der Waals surface area contributed by atoms with Crippen LogP contribution in [0, 0.1) is 6.92 Å². The van der Waals surface area contributed by atoms with E-state index >= 15 is 0 Å². The molecule has 0 amide bonds. The third kappa shape index (κ3) is 1.76. The Labute approximate surface area is 103 Å². The zero-order valence-corrected chi connectivity index (χ0v) is 10.8. The maximum atomic E-state index is 5.58. The highest BCUT2D eigenvalue weighted by molar-refractivity contribution is 9.10. The summed E-state index contributed by atoms with van der Waals surface area (Å²) >= 11 is 3.51. The summed E-state index contributed by atoms with van der Waals surface area (Å²) in [7, 11) is 1.93. The molecule has 0 atom stereocenters. The van der Waals surface area contributed by atoms with E-state index in [1.165, 1.54) is 0 Å². The van der Waals surface area contributed by atoms with Gasteiger partial charge in [-0.2, -0.15) is 0 Å². The Kier molecular flexibility index (Phi) is 3.07. The molecule has 2 N–H and O–H groups in total. The maximum Gasteiger partial charge on any atom is 0.164 e. The van der Waals surface area contributed by atoms with Gasteiger partial charge in [0.2, 0.25) is 0 Å². The van der Waals surface area contributed by atoms with Crippen molar-refractivity contribution in [3.05, 3.63) is 34.1 Å². The molecule has 2 rings (SSSR count). The van der Waals surface area contributed by atoms with Crippen LogP contribution in [0.1, 0.15) is 11.4 Å². The van der Waals surface area contributed by atoms with Crippen LogP contribution in [0.15, 0.2) is 22.7 Å². The Morgan fingerprint density at radius 1 is 1.38 bits per heavy atom. The first kappa shape index (κ1) is 11.3. The Hall–Kier alpha value is -1.20. The number of nitrogens with zero attached hydrogens (tertiary/aromatic N) is 3. The van der Waals surface area contributed by atoms with Crippen LogP contribution in [-0.4, -0.2) is 14.8 Å². The third-order valence-electron chi connectivity index (χ3n) is 2.66. The first-order valence-corrected chi connectivity index (χ1v) is 5.78. The molecule has 84 valence electrons. The predicted octanol–water partition coefficient (Wildman–Crippen LogP) is 2.01. The van der Waals surface area contributed by atoms with E-state index in [4.69, 9.17) is 5.73 Å². The molecule has 5 heteroatoms. The summed E-state index contributed by atoms with van der Waals surface area (Å²) in [5, 5.41) is 8.22. The summed E-state index contributed by atoms with van der Waals surface area (Å²) in [6.45, 7) is 2.45. The van der Waals surface area contributed by atoms with Crippen molar-refractivity contribution in [1.29, 1.82) is 0 Å². The molecule has 1 aromatic carbocycles. The lowest BCUT2D eigenvalue weighted by molar-refractivity contribution is 0.796. The van der Waals surface area contributed by atoms with Gasteiger partial charge in [-0.15, -0.1) is 10.2 Å². The van der Waals surface area contributed by atoms with Crippen molar-refractivity contribution in [1.82, 2.24) is 14.8 Å². The van der Waals surface area contributed by atoms with Gasteiger partial charge in [-0.3, -0.25) is 0 Å². The molecule has 0 saturated heterocycles. The summed E-state index contributed by atoms with van der Waals surface area (Å²) in [5.41, 5.74) is 7.80. The minimum atomic E-state index is 0.399. The van der Waals surface area contributed by atoms with Crippen LogP contribution in [0.2, 0.25) is 0 Å². The van der Waals surface area contributed by atoms with Gasteiger partial charge in [-0.25, -0.2) is 0 Å². The van der Waals surface area contributed by atoms with Crippen molar-refractivity contribution in [2.45, 2.75) is 13.5 Å². The predicted molar refractivity (Wildman–Crippen MR) is 66.8 cm³/mol. The smallest absolute Gasteiger partial charge is 0.164 e. The lowest BCUT2D eigenvalue weighted by Crippen LogP contribution is -2.05. The van der Waals surface area contributed by atoms with Crippen LogP contribution in [0.25, 0.3) is 11.4 Å². The number of rotatable bonds is 2. The highest BCUT2D eigenvalue weighted by Gasteiger charge is 2.12. The zero-order valence-electron chi connectivity index (χ0n) is 9.24. The highest BCUT2D eigenvalue weighted by Crippen LogP contribution is 2.27. The van der Waals surface area contributed by atoms with E-state index in [0.29, 0.717) is 6.54 Å². The largest absolute Gasteiger partial charge is 0.324 e. The standard InChI is InChI=1S/C11H13BrN4/c1-7-8(4-3-5-9(7)12)11-15-14-10(6-13)16(11)2/h3-5H,6,13H2,1-2H3. The van der Waals surface area contributed by atoms with Crippen molar-refractivity contribution in [3.63, 3.8) is 0 Å². The second-order valence-corrected chi connectivity index (χ2v) is 4.47. The van der Waals surface area contributed by atoms with Crippen LogP contribution >= 0.6 is 15.9 Å². The summed E-state index contributed by atoms with van der Waals surface area (Å²) in [6.07, 6.45) is 0. The van der Waals surface area contributed by atoms with E-state index in [0.717, 1.165) is 27.2 Å². The normalized spacial score (nSPS) is 10.8. The number of hydrogen-bond acceptors (Lipinski definition) is 3. The van der Waals surface area contributed by atoms with E-state index in [-0.39, 0.29) is 0 Å². The summed E-state index contributed by atoms with van der Waals surface area (Å²) in [6, 6.07) is 6.03. The second kappa shape index (κ2) is 4.35. The highest BCUT2D eigenvalue weighted by atomic mass is 79.9. The van der Waals surface area contributed by atoms with E-state index < -0.39 is 0 Å². The summed E-state index contributed by atoms with van der Waals surface area (Å²) in [4.78, 5) is 0. The van der Waals surface area contributed by atoms with Crippen molar-refractivity contribution in [3.8, 4) is 11.4 Å². The zero-order chi connectivity index (χ0) is 11.7. The maximum absolute atomic E-state index is 5.58. The monoisotopic (exact) mass is 280 g/mol. The first-order chi connectivity index (χ1) is 7.65. The van der Waals surface area contributed by atoms with E-state index in [9.17, 15) is 0 Å². The molecule has 0 aliphatic rings. The van der Waals surface area contributed by atoms with Gasteiger partial charge < -0.3 is 10.3 Å². The minimum Gasteiger partial charge on any atom is -0.324 e. The molecule has 0 aliphatic heterocycles. The number of hydrogen-bond donors (Lipinski definition) is 1. The van der Waals surface area contributed by atoms with Crippen LogP contribution in [-0.2, 0) is 13.6 Å². The second-order valence-electron chi connectivity index (χ2n) is 3.62. The average molecular weight is 281 g/mol. The first-order valence-electron chi connectivity index (χ1n) is 4.99. The third-order valence-corrected chi connectivity index (χ3v) is 3.52. The molecule has 0 bridgehead atoms. The molecule has 0 radical (unpaired) electrons. The molecular weight excluding hydrogens is 268 g/mol. The molecule has 0 fully saturated rings. The van der Waals surface area contributed by atoms with Crippen molar-refractivity contribution in [2.24, 2.45) is 12.8 Å². The molecule has 0 saturated carbocycles. The topological polar surface area (TPSA) is 56.7 Å². The van der Waals surface area contributed by atoms with E-state index in [1.54, 1.807) is 0 Å². The van der Waals surface area contributed by atoms with Crippen LogP contribution in [0.4, 0.5) is 0 Å². The van der Waals surface area contributed by atoms with Gasteiger partial charge in [0.15, 0.2) is 5.82 Å². The van der Waals surface area contributed by atoms with Gasteiger partial charge >= 0.3 is 0 Å². The minimum absolute atomic E-state index is 0.399. The lowest BCUT2D eigenvalue weighted by Gasteiger charge is -2.07. The summed E-state index contributed by atoms with van der Waals surface area (Å²) < 4.78 is 3.00. The molecule has 1 aromatic heterocycles. The molecule has 1 heterocycles. The fourth-order valence-corrected chi connectivity index (χ4v) is 1.99. The van der Waals surface area contributed by atoms with Crippen LogP contribution in [0.5, 0.6) is 0 Å². The number of benzene rings is 1. The van der Waals surface area contributed by atoms with Gasteiger partial charge in [0.1, 0.15) is 5.82 Å². The van der Waals surface area contributed by atoms with Gasteiger partial charge in [0, 0.05) is 17.1 Å². The molecule has 2 aromatic rings. The van der Waals surface area contributed by atoms with E-state index in [2.05, 4.69) is 33.1 Å². The lowest BCUT2D eigenvalue weighted by atomic mass is 10.1. The van der Waals surface area contributed by atoms with Crippen molar-refractivity contribution < 1.29 is 0 Å². The molecule has 0 aliphatic carbocycles. The van der Waals surface area contributed by atoms with Gasteiger partial charge in [0.05, 0.1) is 6.54 Å². The van der Waals surface area contributed by atoms with Crippen molar-refractivity contribution >= 4 is 15.9 Å². The fourth-order valence-electron chi connectivity index (χ4n) is 1.62. The quantitative estimate of drug-likeness (QED) is 0.916. The SMILES string of the molecule is Cc1c(Br)cccc1-c1nnc(CN)n1C. The molecule has 0 spiro atoms. The molecule has 16 heavy (non-hydrogen) atoms. The fraction of sp³-hybridized carbons (Fsp3) is 0.273. The molecule has 4 nitrogen and oxygen atoms in total. The van der Waals surface area contributed by atoms with Crippen molar-refractivity contribution in [2.75, 3.05) is 0 Å². The number of halogens is 1. The van der Waals surface area contributed by atoms with Crippen LogP contribution in [0.3, 0.4) is 0 Å². The van der Waals surface area contributed by atoms with E-state index in [1.807, 2.05) is 29.8 Å². The molecule has 0 unspecified atom stereocenters. The van der Waals surface area contributed by atoms with Crippen LogP contribution < -0.4 is 5.73 Å². The van der Waals surface area contributed by atoms with Gasteiger partial charge in [-0.05, 0) is 18.6 Å². The van der Waals surface area contributed by atoms with Gasteiger partial charge in [0.25, 0.3) is 0 Å². The Balaban J connectivity index is 2.59. The van der Waals surface area contributed by atoms with Gasteiger partial charge in [-0.1, -0.05) is 28.1 Å². The summed E-state index contributed by atoms with van der Waals surface area (Å²) in [5.74, 6) is 1.63.